The monoisotopic (exact) mass is 202 g/mol. The topological polar surface area (TPSA) is 30.2 Å². The van der Waals surface area contributed by atoms with Crippen LogP contribution in [0.5, 0.6) is 0 Å². The molecule has 1 heterocycles. The number of ketones is 1. The van der Waals surface area contributed by atoms with E-state index in [1.807, 2.05) is 0 Å². The molecule has 1 aliphatic rings. The fraction of sp³-hybridized carbons (Fsp3) is 0.222. The van der Waals surface area contributed by atoms with Crippen LogP contribution in [-0.2, 0) is 6.18 Å². The van der Waals surface area contributed by atoms with Crippen LogP contribution in [0, 0.1) is 0 Å². The molecule has 1 aromatic rings. The first-order valence-corrected chi connectivity index (χ1v) is 3.89. The van der Waals surface area contributed by atoms with Gasteiger partial charge in [-0.05, 0) is 6.07 Å². The Labute approximate surface area is 77.0 Å². The van der Waals surface area contributed by atoms with Crippen LogP contribution < -0.4 is 0 Å². The summed E-state index contributed by atoms with van der Waals surface area (Å²) < 4.78 is 41.0. The van der Waals surface area contributed by atoms with E-state index in [1.54, 1.807) is 0 Å². The number of allylic oxidation sites excluding steroid dienone is 1. The smallest absolute Gasteiger partial charge is 0.448 e. The Balaban J connectivity index is 2.51. The number of carbonyl (C=O) groups is 1. The molecule has 0 amide bonds. The highest BCUT2D eigenvalue weighted by Gasteiger charge is 2.37. The largest absolute Gasteiger partial charge is 0.449 e. The summed E-state index contributed by atoms with van der Waals surface area (Å²) >= 11 is 0. The van der Waals surface area contributed by atoms with Crippen LogP contribution in [0.15, 0.2) is 16.6 Å². The van der Waals surface area contributed by atoms with Crippen molar-refractivity contribution in [2.24, 2.45) is 0 Å². The van der Waals surface area contributed by atoms with Crippen molar-refractivity contribution < 1.29 is 22.4 Å². The summed E-state index contributed by atoms with van der Waals surface area (Å²) in [5, 5.41) is 0. The zero-order chi connectivity index (χ0) is 10.3. The standard InChI is InChI=1S/C9H5F3O2/c10-9(11,12)7-4-5-2-1-3-6(13)8(5)14-7/h1-2,4H,3H2. The van der Waals surface area contributed by atoms with Gasteiger partial charge in [0.15, 0.2) is 5.76 Å². The number of hydrogen-bond donors (Lipinski definition) is 0. The van der Waals surface area contributed by atoms with E-state index in [1.165, 1.54) is 12.2 Å². The summed E-state index contributed by atoms with van der Waals surface area (Å²) in [6, 6.07) is 0.836. The first kappa shape index (κ1) is 9.05. The molecule has 5 heteroatoms. The summed E-state index contributed by atoms with van der Waals surface area (Å²) in [5.41, 5.74) is 0.202. The third kappa shape index (κ3) is 1.34. The second kappa shape index (κ2) is 2.73. The maximum atomic E-state index is 12.2. The van der Waals surface area contributed by atoms with E-state index in [4.69, 9.17) is 0 Å². The molecule has 0 radical (unpaired) electrons. The predicted molar refractivity (Wildman–Crippen MR) is 41.7 cm³/mol. The zero-order valence-electron chi connectivity index (χ0n) is 6.89. The van der Waals surface area contributed by atoms with Gasteiger partial charge < -0.3 is 4.42 Å². The number of furan rings is 1. The quantitative estimate of drug-likeness (QED) is 0.647. The Morgan fingerprint density at radius 2 is 2.07 bits per heavy atom. The predicted octanol–water partition coefficient (Wildman–Crippen LogP) is 2.90. The maximum Gasteiger partial charge on any atom is 0.449 e. The number of fused-ring (bicyclic) bond motifs is 1. The molecule has 0 atom stereocenters. The average Bonchev–Trinajstić information content (AvgIpc) is 2.48. The fourth-order valence-electron chi connectivity index (χ4n) is 1.27. The Kier molecular flexibility index (Phi) is 1.77. The number of Topliss-reactive ketones (excluding diaryl/α,β-unsaturated/α-hetero) is 1. The lowest BCUT2D eigenvalue weighted by Crippen LogP contribution is -2.03. The molecular weight excluding hydrogens is 197 g/mol. The van der Waals surface area contributed by atoms with Crippen LogP contribution >= 0.6 is 0 Å². The van der Waals surface area contributed by atoms with Crippen molar-refractivity contribution in [2.45, 2.75) is 12.6 Å². The van der Waals surface area contributed by atoms with Gasteiger partial charge in [-0.2, -0.15) is 13.2 Å². The van der Waals surface area contributed by atoms with Crippen molar-refractivity contribution in [3.8, 4) is 0 Å². The first-order chi connectivity index (χ1) is 6.48. The second-order valence-corrected chi connectivity index (χ2v) is 2.92. The van der Waals surface area contributed by atoms with Gasteiger partial charge in [0.05, 0.1) is 0 Å². The Hall–Kier alpha value is -1.52. The molecule has 1 aromatic heterocycles. The van der Waals surface area contributed by atoms with Crippen LogP contribution in [-0.4, -0.2) is 5.78 Å². The Bertz CT molecular complexity index is 412. The van der Waals surface area contributed by atoms with E-state index in [0.29, 0.717) is 0 Å². The van der Waals surface area contributed by atoms with Crippen LogP contribution in [0.2, 0.25) is 0 Å². The van der Waals surface area contributed by atoms with Gasteiger partial charge in [-0.3, -0.25) is 4.79 Å². The molecule has 14 heavy (non-hydrogen) atoms. The molecular formula is C9H5F3O2. The van der Waals surface area contributed by atoms with Crippen molar-refractivity contribution in [3.63, 3.8) is 0 Å². The molecule has 1 aliphatic carbocycles. The average molecular weight is 202 g/mol. The lowest BCUT2D eigenvalue weighted by atomic mass is 10.1. The fourth-order valence-corrected chi connectivity index (χ4v) is 1.27. The molecule has 2 nitrogen and oxygen atoms in total. The first-order valence-electron chi connectivity index (χ1n) is 3.89. The van der Waals surface area contributed by atoms with Gasteiger partial charge >= 0.3 is 6.18 Å². The number of hydrogen-bond acceptors (Lipinski definition) is 2. The molecule has 0 unspecified atom stereocenters. The van der Waals surface area contributed by atoms with E-state index in [0.717, 1.165) is 6.07 Å². The van der Waals surface area contributed by atoms with Gasteiger partial charge in [0.25, 0.3) is 0 Å². The summed E-state index contributed by atoms with van der Waals surface area (Å²) in [5.74, 6) is -1.74. The normalized spacial score (nSPS) is 15.8. The van der Waals surface area contributed by atoms with E-state index >= 15 is 0 Å². The minimum atomic E-state index is -4.54. The Morgan fingerprint density at radius 1 is 1.36 bits per heavy atom. The van der Waals surface area contributed by atoms with E-state index in [-0.39, 0.29) is 17.7 Å². The molecule has 74 valence electrons. The molecule has 0 N–H and O–H groups in total. The van der Waals surface area contributed by atoms with Crippen molar-refractivity contribution in [1.29, 1.82) is 0 Å². The Morgan fingerprint density at radius 3 is 2.64 bits per heavy atom. The third-order valence-corrected chi connectivity index (χ3v) is 1.89. The van der Waals surface area contributed by atoms with Crippen molar-refractivity contribution >= 4 is 11.9 Å². The van der Waals surface area contributed by atoms with Gasteiger partial charge in [-0.15, -0.1) is 0 Å². The van der Waals surface area contributed by atoms with Crippen LogP contribution in [0.25, 0.3) is 6.08 Å². The number of alkyl halides is 3. The van der Waals surface area contributed by atoms with Crippen LogP contribution in [0.1, 0.15) is 28.3 Å². The SMILES string of the molecule is O=C1CC=Cc2cc(C(F)(F)F)oc21. The second-order valence-electron chi connectivity index (χ2n) is 2.92. The lowest BCUT2D eigenvalue weighted by Gasteiger charge is -2.01. The third-order valence-electron chi connectivity index (χ3n) is 1.89. The van der Waals surface area contributed by atoms with Gasteiger partial charge in [-0.1, -0.05) is 12.2 Å². The molecule has 0 aliphatic heterocycles. The minimum Gasteiger partial charge on any atom is -0.448 e. The van der Waals surface area contributed by atoms with Crippen LogP contribution in [0.4, 0.5) is 13.2 Å². The van der Waals surface area contributed by atoms with Gasteiger partial charge in [0.2, 0.25) is 11.5 Å². The number of halogens is 3. The maximum absolute atomic E-state index is 12.2. The molecule has 0 spiro atoms. The number of rotatable bonds is 0. The van der Waals surface area contributed by atoms with Gasteiger partial charge in [-0.25, -0.2) is 0 Å². The number of carbonyl (C=O) groups excluding carboxylic acids is 1. The lowest BCUT2D eigenvalue weighted by molar-refractivity contribution is -0.153. The minimum absolute atomic E-state index is 0.0951. The molecule has 2 rings (SSSR count). The summed E-state index contributed by atoms with van der Waals surface area (Å²) in [6.45, 7) is 0. The summed E-state index contributed by atoms with van der Waals surface area (Å²) in [6.07, 6.45) is -1.47. The molecule has 0 fully saturated rings. The summed E-state index contributed by atoms with van der Waals surface area (Å²) in [4.78, 5) is 11.1. The van der Waals surface area contributed by atoms with Gasteiger partial charge in [0.1, 0.15) is 0 Å². The van der Waals surface area contributed by atoms with Crippen molar-refractivity contribution in [1.82, 2.24) is 0 Å². The summed E-state index contributed by atoms with van der Waals surface area (Å²) in [7, 11) is 0. The van der Waals surface area contributed by atoms with E-state index in [9.17, 15) is 18.0 Å². The molecule has 0 bridgehead atoms. The zero-order valence-corrected chi connectivity index (χ0v) is 6.89. The highest BCUT2D eigenvalue weighted by Crippen LogP contribution is 2.34. The van der Waals surface area contributed by atoms with Gasteiger partial charge in [0, 0.05) is 12.0 Å². The van der Waals surface area contributed by atoms with Crippen molar-refractivity contribution in [3.05, 3.63) is 29.2 Å². The van der Waals surface area contributed by atoms with E-state index in [2.05, 4.69) is 4.42 Å². The van der Waals surface area contributed by atoms with E-state index < -0.39 is 17.7 Å². The molecule has 0 saturated heterocycles. The molecule has 0 aromatic carbocycles. The molecule has 0 saturated carbocycles. The van der Waals surface area contributed by atoms with Crippen LogP contribution in [0.3, 0.4) is 0 Å². The highest BCUT2D eigenvalue weighted by molar-refractivity contribution is 6.00. The highest BCUT2D eigenvalue weighted by atomic mass is 19.4. The van der Waals surface area contributed by atoms with Crippen molar-refractivity contribution in [2.75, 3.05) is 0 Å².